The van der Waals surface area contributed by atoms with E-state index in [1.165, 1.54) is 7.11 Å². The minimum atomic E-state index is -0.482. The Balaban J connectivity index is 2.05. The summed E-state index contributed by atoms with van der Waals surface area (Å²) in [6.45, 7) is 2.46. The van der Waals surface area contributed by atoms with Crippen LogP contribution >= 0.6 is 0 Å². The van der Waals surface area contributed by atoms with Crippen molar-refractivity contribution in [3.63, 3.8) is 0 Å². The number of hydrogen-bond donors (Lipinski definition) is 1. The molecule has 2 rings (SSSR count). The fourth-order valence-corrected chi connectivity index (χ4v) is 1.81. The Morgan fingerprint density at radius 3 is 2.75 bits per heavy atom. The lowest BCUT2D eigenvalue weighted by Gasteiger charge is -2.10. The fraction of sp³-hybridized carbons (Fsp3) is 0.267. The van der Waals surface area contributed by atoms with Gasteiger partial charge >= 0.3 is 5.97 Å². The van der Waals surface area contributed by atoms with E-state index in [2.05, 4.69) is 10.1 Å². The van der Waals surface area contributed by atoms with Gasteiger partial charge in [-0.25, -0.2) is 4.79 Å². The molecule has 2 aromatic rings. The molecule has 1 aromatic heterocycles. The number of methoxy groups -OCH3 is 2. The van der Waals surface area contributed by atoms with Gasteiger partial charge in [-0.15, -0.1) is 0 Å². The summed E-state index contributed by atoms with van der Waals surface area (Å²) in [5.41, 5.74) is 1.99. The predicted octanol–water partition coefficient (Wildman–Crippen LogP) is 3.00. The van der Waals surface area contributed by atoms with Crippen LogP contribution in [0.1, 0.15) is 21.9 Å². The number of anilines is 1. The normalized spacial score (nSPS) is 10.2. The molecule has 0 aliphatic heterocycles. The quantitative estimate of drug-likeness (QED) is 0.850. The summed E-state index contributed by atoms with van der Waals surface area (Å²) < 4.78 is 15.3. The Labute approximate surface area is 117 Å². The molecule has 0 spiro atoms. The third kappa shape index (κ3) is 3.12. The van der Waals surface area contributed by atoms with Crippen molar-refractivity contribution in [3.05, 3.63) is 47.4 Å². The second-order valence-electron chi connectivity index (χ2n) is 4.31. The first kappa shape index (κ1) is 14.0. The average molecular weight is 275 g/mol. The van der Waals surface area contributed by atoms with Crippen LogP contribution in [0.2, 0.25) is 0 Å². The molecule has 5 nitrogen and oxygen atoms in total. The summed E-state index contributed by atoms with van der Waals surface area (Å²) in [5, 5.41) is 3.21. The number of carbonyl (C=O) groups is 1. The van der Waals surface area contributed by atoms with E-state index in [-0.39, 0.29) is 5.76 Å². The van der Waals surface area contributed by atoms with Crippen LogP contribution in [0, 0.1) is 6.92 Å². The van der Waals surface area contributed by atoms with E-state index in [4.69, 9.17) is 9.15 Å². The Morgan fingerprint density at radius 2 is 2.05 bits per heavy atom. The molecule has 0 saturated heterocycles. The van der Waals surface area contributed by atoms with E-state index in [0.29, 0.717) is 12.3 Å². The van der Waals surface area contributed by atoms with Crippen LogP contribution in [0.15, 0.2) is 34.7 Å². The Morgan fingerprint density at radius 1 is 1.25 bits per heavy atom. The average Bonchev–Trinajstić information content (AvgIpc) is 2.93. The zero-order valence-electron chi connectivity index (χ0n) is 11.7. The van der Waals surface area contributed by atoms with Crippen molar-refractivity contribution in [2.24, 2.45) is 0 Å². The van der Waals surface area contributed by atoms with Gasteiger partial charge in [0, 0.05) is 0 Å². The van der Waals surface area contributed by atoms with Crippen LogP contribution in [0.3, 0.4) is 0 Å². The van der Waals surface area contributed by atoms with Crippen molar-refractivity contribution in [2.75, 3.05) is 19.5 Å². The summed E-state index contributed by atoms with van der Waals surface area (Å²) in [6.07, 6.45) is 0. The smallest absolute Gasteiger partial charge is 0.373 e. The molecule has 0 aliphatic rings. The van der Waals surface area contributed by atoms with Gasteiger partial charge in [0.05, 0.1) is 26.5 Å². The zero-order valence-corrected chi connectivity index (χ0v) is 11.7. The van der Waals surface area contributed by atoms with Crippen molar-refractivity contribution in [1.82, 2.24) is 0 Å². The molecule has 0 fully saturated rings. The second-order valence-corrected chi connectivity index (χ2v) is 4.31. The number of carbonyl (C=O) groups excluding carboxylic acids is 1. The highest BCUT2D eigenvalue weighted by molar-refractivity contribution is 5.86. The van der Waals surface area contributed by atoms with E-state index >= 15 is 0 Å². The molecule has 1 aromatic carbocycles. The van der Waals surface area contributed by atoms with Crippen molar-refractivity contribution in [2.45, 2.75) is 13.5 Å². The van der Waals surface area contributed by atoms with E-state index in [1.807, 2.05) is 25.1 Å². The Hall–Kier alpha value is -2.43. The lowest BCUT2D eigenvalue weighted by molar-refractivity contribution is 0.0563. The van der Waals surface area contributed by atoms with Gasteiger partial charge in [0.1, 0.15) is 11.5 Å². The van der Waals surface area contributed by atoms with Crippen LogP contribution in [0.25, 0.3) is 0 Å². The maximum Gasteiger partial charge on any atom is 0.373 e. The van der Waals surface area contributed by atoms with E-state index in [9.17, 15) is 4.79 Å². The third-order valence-corrected chi connectivity index (χ3v) is 2.86. The number of hydrogen-bond acceptors (Lipinski definition) is 5. The standard InChI is InChI=1S/C15H17NO4/c1-10-4-6-12(14(8-10)18-2)16-9-11-5-7-13(20-11)15(17)19-3/h4-8,16H,9H2,1-3H3. The van der Waals surface area contributed by atoms with Crippen LogP contribution in [0.4, 0.5) is 5.69 Å². The topological polar surface area (TPSA) is 60.7 Å². The number of benzene rings is 1. The fourth-order valence-electron chi connectivity index (χ4n) is 1.81. The van der Waals surface area contributed by atoms with Crippen molar-refractivity contribution < 1.29 is 18.7 Å². The highest BCUT2D eigenvalue weighted by atomic mass is 16.5. The van der Waals surface area contributed by atoms with Gasteiger partial charge in [0.2, 0.25) is 5.76 Å². The van der Waals surface area contributed by atoms with Crippen LogP contribution in [-0.4, -0.2) is 20.2 Å². The minimum Gasteiger partial charge on any atom is -0.495 e. The van der Waals surface area contributed by atoms with Gasteiger partial charge in [-0.3, -0.25) is 0 Å². The number of ether oxygens (including phenoxy) is 2. The lowest BCUT2D eigenvalue weighted by Crippen LogP contribution is -2.01. The van der Waals surface area contributed by atoms with Crippen LogP contribution < -0.4 is 10.1 Å². The monoisotopic (exact) mass is 275 g/mol. The highest BCUT2D eigenvalue weighted by Crippen LogP contribution is 2.25. The summed E-state index contributed by atoms with van der Waals surface area (Å²) in [4.78, 5) is 11.3. The molecule has 1 N–H and O–H groups in total. The maximum atomic E-state index is 11.3. The molecule has 0 aliphatic carbocycles. The molecule has 1 heterocycles. The molecular weight excluding hydrogens is 258 g/mol. The number of furan rings is 1. The van der Waals surface area contributed by atoms with E-state index in [0.717, 1.165) is 17.0 Å². The summed E-state index contributed by atoms with van der Waals surface area (Å²) in [6, 6.07) is 9.21. The third-order valence-electron chi connectivity index (χ3n) is 2.86. The summed E-state index contributed by atoms with van der Waals surface area (Å²) >= 11 is 0. The lowest BCUT2D eigenvalue weighted by atomic mass is 10.2. The van der Waals surface area contributed by atoms with Gasteiger partial charge in [-0.2, -0.15) is 0 Å². The highest BCUT2D eigenvalue weighted by Gasteiger charge is 2.11. The van der Waals surface area contributed by atoms with Crippen molar-refractivity contribution in [1.29, 1.82) is 0 Å². The first-order valence-corrected chi connectivity index (χ1v) is 6.19. The van der Waals surface area contributed by atoms with Gasteiger partial charge in [-0.1, -0.05) is 6.07 Å². The van der Waals surface area contributed by atoms with Crippen molar-refractivity contribution in [3.8, 4) is 5.75 Å². The Bertz CT molecular complexity index is 604. The van der Waals surface area contributed by atoms with E-state index in [1.54, 1.807) is 19.2 Å². The SMILES string of the molecule is COC(=O)c1ccc(CNc2ccc(C)cc2OC)o1. The number of rotatable bonds is 5. The van der Waals surface area contributed by atoms with Gasteiger partial charge in [0.15, 0.2) is 0 Å². The molecule has 0 amide bonds. The molecule has 5 heteroatoms. The Kier molecular flexibility index (Phi) is 4.30. The molecule has 106 valence electrons. The largest absolute Gasteiger partial charge is 0.495 e. The first-order chi connectivity index (χ1) is 9.63. The molecule has 20 heavy (non-hydrogen) atoms. The van der Waals surface area contributed by atoms with Crippen LogP contribution in [0.5, 0.6) is 5.75 Å². The molecule has 0 radical (unpaired) electrons. The number of esters is 1. The summed E-state index contributed by atoms with van der Waals surface area (Å²) in [7, 11) is 2.95. The zero-order chi connectivity index (χ0) is 14.5. The molecule has 0 bridgehead atoms. The minimum absolute atomic E-state index is 0.195. The molecular formula is C15H17NO4. The summed E-state index contributed by atoms with van der Waals surface area (Å²) in [5.74, 6) is 1.13. The second kappa shape index (κ2) is 6.14. The van der Waals surface area contributed by atoms with E-state index < -0.39 is 5.97 Å². The van der Waals surface area contributed by atoms with Gasteiger partial charge in [-0.05, 0) is 36.8 Å². The van der Waals surface area contributed by atoms with Gasteiger partial charge < -0.3 is 19.2 Å². The van der Waals surface area contributed by atoms with Crippen molar-refractivity contribution >= 4 is 11.7 Å². The maximum absolute atomic E-state index is 11.3. The molecule has 0 unspecified atom stereocenters. The first-order valence-electron chi connectivity index (χ1n) is 6.19. The van der Waals surface area contributed by atoms with Crippen LogP contribution in [-0.2, 0) is 11.3 Å². The number of aryl methyl sites for hydroxylation is 1. The molecule has 0 saturated carbocycles. The van der Waals surface area contributed by atoms with Gasteiger partial charge in [0.25, 0.3) is 0 Å². The predicted molar refractivity (Wildman–Crippen MR) is 75.1 cm³/mol. The molecule has 0 atom stereocenters. The number of nitrogens with one attached hydrogen (secondary N) is 1.